The summed E-state index contributed by atoms with van der Waals surface area (Å²) < 4.78 is 10.4. The van der Waals surface area contributed by atoms with Crippen LogP contribution in [0.4, 0.5) is 5.69 Å². The Morgan fingerprint density at radius 1 is 1.33 bits per heavy atom. The molecular formula is C12H19NO2. The van der Waals surface area contributed by atoms with E-state index in [9.17, 15) is 0 Å². The molecule has 0 saturated heterocycles. The number of methoxy groups -OCH3 is 1. The second kappa shape index (κ2) is 7.12. The molecule has 0 fully saturated rings. The Balaban J connectivity index is 2.36. The first-order valence-electron chi connectivity index (χ1n) is 5.32. The molecule has 0 heterocycles. The van der Waals surface area contributed by atoms with Crippen LogP contribution in [-0.4, -0.2) is 26.9 Å². The summed E-state index contributed by atoms with van der Waals surface area (Å²) in [6.07, 6.45) is 1.01. The van der Waals surface area contributed by atoms with Crippen LogP contribution in [0, 0.1) is 0 Å². The van der Waals surface area contributed by atoms with Gasteiger partial charge in [0.2, 0.25) is 0 Å². The number of hydrogen-bond donors (Lipinski definition) is 1. The van der Waals surface area contributed by atoms with Gasteiger partial charge in [-0.15, -0.1) is 0 Å². The topological polar surface area (TPSA) is 30.5 Å². The van der Waals surface area contributed by atoms with E-state index in [2.05, 4.69) is 5.32 Å². The summed E-state index contributed by atoms with van der Waals surface area (Å²) in [5.41, 5.74) is 1.09. The molecule has 3 nitrogen and oxygen atoms in total. The van der Waals surface area contributed by atoms with Crippen molar-refractivity contribution in [2.75, 3.05) is 32.2 Å². The van der Waals surface area contributed by atoms with E-state index in [4.69, 9.17) is 9.47 Å². The van der Waals surface area contributed by atoms with Crippen LogP contribution in [0.25, 0.3) is 0 Å². The molecule has 0 radical (unpaired) electrons. The Morgan fingerprint density at radius 2 is 2.20 bits per heavy atom. The average Bonchev–Trinajstić information content (AvgIpc) is 2.26. The van der Waals surface area contributed by atoms with Crippen molar-refractivity contribution < 1.29 is 9.47 Å². The Bertz CT molecular complexity index is 276. The summed E-state index contributed by atoms with van der Waals surface area (Å²) in [5.74, 6) is 0.911. The monoisotopic (exact) mass is 209 g/mol. The van der Waals surface area contributed by atoms with Crippen LogP contribution >= 0.6 is 0 Å². The Hall–Kier alpha value is -1.22. The summed E-state index contributed by atoms with van der Waals surface area (Å²) in [7, 11) is 1.72. The first kappa shape index (κ1) is 11.9. The maximum atomic E-state index is 5.41. The summed E-state index contributed by atoms with van der Waals surface area (Å²) in [4.78, 5) is 0. The second-order valence-corrected chi connectivity index (χ2v) is 3.23. The van der Waals surface area contributed by atoms with Gasteiger partial charge in [0.1, 0.15) is 5.75 Å². The van der Waals surface area contributed by atoms with Gasteiger partial charge in [-0.3, -0.25) is 0 Å². The molecule has 0 spiro atoms. The van der Waals surface area contributed by atoms with E-state index in [0.29, 0.717) is 6.61 Å². The quantitative estimate of drug-likeness (QED) is 0.700. The van der Waals surface area contributed by atoms with Crippen molar-refractivity contribution in [2.24, 2.45) is 0 Å². The van der Waals surface area contributed by atoms with Crippen LogP contribution in [0.2, 0.25) is 0 Å². The highest BCUT2D eigenvalue weighted by molar-refractivity contribution is 5.48. The van der Waals surface area contributed by atoms with Crippen molar-refractivity contribution in [3.8, 4) is 5.75 Å². The molecule has 1 N–H and O–H groups in total. The molecule has 0 aliphatic rings. The smallest absolute Gasteiger partial charge is 0.121 e. The highest BCUT2D eigenvalue weighted by atomic mass is 16.5. The van der Waals surface area contributed by atoms with Gasteiger partial charge in [0, 0.05) is 32.0 Å². The number of rotatable bonds is 7. The summed E-state index contributed by atoms with van der Waals surface area (Å²) in [6.45, 7) is 4.40. The number of benzene rings is 1. The zero-order valence-corrected chi connectivity index (χ0v) is 9.45. The maximum absolute atomic E-state index is 5.41. The van der Waals surface area contributed by atoms with E-state index in [1.165, 1.54) is 0 Å². The number of hydrogen-bond acceptors (Lipinski definition) is 3. The van der Waals surface area contributed by atoms with Gasteiger partial charge < -0.3 is 14.8 Å². The lowest BCUT2D eigenvalue weighted by Crippen LogP contribution is -2.04. The molecule has 0 aliphatic heterocycles. The molecule has 1 aromatic carbocycles. The van der Waals surface area contributed by atoms with E-state index < -0.39 is 0 Å². The number of ether oxygens (including phenoxy) is 2. The zero-order chi connectivity index (χ0) is 10.9. The van der Waals surface area contributed by atoms with Crippen LogP contribution in [-0.2, 0) is 4.74 Å². The third-order valence-corrected chi connectivity index (χ3v) is 2.00. The minimum absolute atomic E-state index is 0.702. The van der Waals surface area contributed by atoms with Gasteiger partial charge >= 0.3 is 0 Å². The second-order valence-electron chi connectivity index (χ2n) is 3.23. The third-order valence-electron chi connectivity index (χ3n) is 2.00. The molecule has 0 aliphatic carbocycles. The molecule has 0 amide bonds. The van der Waals surface area contributed by atoms with Crippen molar-refractivity contribution in [3.63, 3.8) is 0 Å². The number of nitrogens with one attached hydrogen (secondary N) is 1. The van der Waals surface area contributed by atoms with Crippen LogP contribution < -0.4 is 10.1 Å². The SMILES string of the molecule is CCOc1cccc(NCCCOC)c1. The first-order chi connectivity index (χ1) is 7.36. The van der Waals surface area contributed by atoms with Crippen LogP contribution in [0.1, 0.15) is 13.3 Å². The van der Waals surface area contributed by atoms with Crippen LogP contribution in [0.15, 0.2) is 24.3 Å². The zero-order valence-electron chi connectivity index (χ0n) is 9.45. The Morgan fingerprint density at radius 3 is 2.93 bits per heavy atom. The lowest BCUT2D eigenvalue weighted by atomic mass is 10.3. The van der Waals surface area contributed by atoms with Gasteiger partial charge in [0.05, 0.1) is 6.61 Å². The minimum Gasteiger partial charge on any atom is -0.494 e. The average molecular weight is 209 g/mol. The van der Waals surface area contributed by atoms with Crippen molar-refractivity contribution in [1.29, 1.82) is 0 Å². The van der Waals surface area contributed by atoms with Gasteiger partial charge in [0.15, 0.2) is 0 Å². The van der Waals surface area contributed by atoms with Gasteiger partial charge in [-0.25, -0.2) is 0 Å². The molecule has 1 aromatic rings. The molecule has 15 heavy (non-hydrogen) atoms. The molecular weight excluding hydrogens is 190 g/mol. The largest absolute Gasteiger partial charge is 0.494 e. The molecule has 0 unspecified atom stereocenters. The van der Waals surface area contributed by atoms with Gasteiger partial charge in [-0.1, -0.05) is 6.07 Å². The van der Waals surface area contributed by atoms with E-state index in [-0.39, 0.29) is 0 Å². The first-order valence-corrected chi connectivity index (χ1v) is 5.32. The summed E-state index contributed by atoms with van der Waals surface area (Å²) in [5, 5.41) is 3.32. The highest BCUT2D eigenvalue weighted by Crippen LogP contribution is 2.16. The van der Waals surface area contributed by atoms with Crippen molar-refractivity contribution in [1.82, 2.24) is 0 Å². The lowest BCUT2D eigenvalue weighted by Gasteiger charge is -2.08. The van der Waals surface area contributed by atoms with Gasteiger partial charge in [-0.05, 0) is 25.5 Å². The van der Waals surface area contributed by atoms with Crippen LogP contribution in [0.3, 0.4) is 0 Å². The van der Waals surface area contributed by atoms with E-state index >= 15 is 0 Å². The molecule has 84 valence electrons. The lowest BCUT2D eigenvalue weighted by molar-refractivity contribution is 0.198. The van der Waals surface area contributed by atoms with E-state index in [1.54, 1.807) is 7.11 Å². The third kappa shape index (κ3) is 4.70. The standard InChI is InChI=1S/C12H19NO2/c1-3-15-12-7-4-6-11(10-12)13-8-5-9-14-2/h4,6-7,10,13H,3,5,8-9H2,1-2H3. The molecule has 1 rings (SSSR count). The summed E-state index contributed by atoms with van der Waals surface area (Å²) >= 11 is 0. The Labute approximate surface area is 91.4 Å². The maximum Gasteiger partial charge on any atom is 0.121 e. The fourth-order valence-electron chi connectivity index (χ4n) is 1.31. The molecule has 0 bridgehead atoms. The predicted molar refractivity (Wildman–Crippen MR) is 62.6 cm³/mol. The van der Waals surface area contributed by atoms with Crippen LogP contribution in [0.5, 0.6) is 5.75 Å². The molecule has 0 saturated carbocycles. The summed E-state index contributed by atoms with van der Waals surface area (Å²) in [6, 6.07) is 8.00. The predicted octanol–water partition coefficient (Wildman–Crippen LogP) is 2.53. The van der Waals surface area contributed by atoms with E-state index in [0.717, 1.165) is 31.0 Å². The molecule has 0 atom stereocenters. The normalized spacial score (nSPS) is 10.0. The van der Waals surface area contributed by atoms with Gasteiger partial charge in [0.25, 0.3) is 0 Å². The molecule has 3 heteroatoms. The molecule has 0 aromatic heterocycles. The number of anilines is 1. The van der Waals surface area contributed by atoms with E-state index in [1.807, 2.05) is 31.2 Å². The fourth-order valence-corrected chi connectivity index (χ4v) is 1.31. The van der Waals surface area contributed by atoms with Crippen molar-refractivity contribution in [3.05, 3.63) is 24.3 Å². The van der Waals surface area contributed by atoms with Crippen molar-refractivity contribution in [2.45, 2.75) is 13.3 Å². The Kier molecular flexibility index (Phi) is 5.63. The van der Waals surface area contributed by atoms with Gasteiger partial charge in [-0.2, -0.15) is 0 Å². The fraction of sp³-hybridized carbons (Fsp3) is 0.500. The van der Waals surface area contributed by atoms with Crippen molar-refractivity contribution >= 4 is 5.69 Å². The minimum atomic E-state index is 0.702. The highest BCUT2D eigenvalue weighted by Gasteiger charge is 1.95.